The number of hydrogen-bond donors (Lipinski definition) is 0. The summed E-state index contributed by atoms with van der Waals surface area (Å²) in [6, 6.07) is 16.7. The first-order valence-corrected chi connectivity index (χ1v) is 13.4. The molecule has 5 fully saturated rings. The van der Waals surface area contributed by atoms with Crippen LogP contribution in [0.5, 0.6) is 0 Å². The van der Waals surface area contributed by atoms with E-state index in [1.165, 1.54) is 97.8 Å². The number of allylic oxidation sites excluding steroid dienone is 2. The number of benzene rings is 2. The largest absolute Gasteiger partial charge is 0.0741 e. The second-order valence-corrected chi connectivity index (χ2v) is 11.9. The maximum Gasteiger partial charge on any atom is 0 e. The van der Waals surface area contributed by atoms with Gasteiger partial charge in [0.1, 0.15) is 0 Å². The van der Waals surface area contributed by atoms with E-state index in [9.17, 15) is 0 Å². The third kappa shape index (κ3) is 4.01. The van der Waals surface area contributed by atoms with E-state index < -0.39 is 0 Å². The molecule has 33 heavy (non-hydrogen) atoms. The fraction of sp³-hybridized carbons (Fsp3) is 0.500. The quantitative estimate of drug-likeness (QED) is 0.420. The van der Waals surface area contributed by atoms with Gasteiger partial charge in [-0.05, 0) is 125 Å². The predicted octanol–water partition coefficient (Wildman–Crippen LogP) is 6.90. The molecule has 5 saturated carbocycles. The van der Waals surface area contributed by atoms with Crippen molar-refractivity contribution in [3.8, 4) is 11.1 Å². The van der Waals surface area contributed by atoms with E-state index in [0.29, 0.717) is 5.41 Å². The van der Waals surface area contributed by atoms with Crippen LogP contribution in [0.25, 0.3) is 23.3 Å². The Morgan fingerprint density at radius 2 is 1.39 bits per heavy atom. The molecule has 0 amide bonds. The Kier molecular flexibility index (Phi) is 5.93. The van der Waals surface area contributed by atoms with Gasteiger partial charge in [-0.15, -0.1) is 0 Å². The van der Waals surface area contributed by atoms with Gasteiger partial charge in [0, 0.05) is 26.2 Å². The molecule has 0 radical (unpaired) electrons. The second kappa shape index (κ2) is 8.79. The molecule has 1 heteroatoms. The van der Waals surface area contributed by atoms with E-state index in [2.05, 4.69) is 60.7 Å². The molecule has 6 aliphatic rings. The van der Waals surface area contributed by atoms with Gasteiger partial charge in [-0.1, -0.05) is 67.8 Å². The summed E-state index contributed by atoms with van der Waals surface area (Å²) in [4.78, 5) is 0. The van der Waals surface area contributed by atoms with Crippen LogP contribution in [0.3, 0.4) is 0 Å². The molecule has 0 aliphatic heterocycles. The minimum Gasteiger partial charge on any atom is -0.0741 e. The van der Waals surface area contributed by atoms with E-state index in [4.69, 9.17) is 0 Å². The molecule has 2 aromatic rings. The summed E-state index contributed by atoms with van der Waals surface area (Å²) in [5, 5.41) is 2.83. The monoisotopic (exact) mass is 510 g/mol. The molecular formula is C32H36Zr. The summed E-state index contributed by atoms with van der Waals surface area (Å²) in [5.41, 5.74) is 6.37. The number of rotatable bonds is 3. The average Bonchev–Trinajstić information content (AvgIpc) is 3.21. The van der Waals surface area contributed by atoms with Crippen molar-refractivity contribution in [1.82, 2.24) is 0 Å². The van der Waals surface area contributed by atoms with Crippen LogP contribution < -0.4 is 10.4 Å². The first-order chi connectivity index (χ1) is 15.7. The summed E-state index contributed by atoms with van der Waals surface area (Å²) in [7, 11) is 0. The van der Waals surface area contributed by atoms with Gasteiger partial charge >= 0.3 is 0 Å². The molecule has 0 saturated heterocycles. The van der Waals surface area contributed by atoms with Crippen molar-refractivity contribution in [2.24, 2.45) is 23.7 Å². The van der Waals surface area contributed by atoms with E-state index in [1.54, 1.807) is 5.56 Å². The SMILES string of the molecule is C(=C1C=c2cccc(-c3ccc(C45CC6CC(CC(C6)C4)C5)cc3)c2=C1)C1CCCCC1.[Zr]. The van der Waals surface area contributed by atoms with E-state index in [0.717, 1.165) is 23.7 Å². The zero-order valence-electron chi connectivity index (χ0n) is 19.9. The maximum absolute atomic E-state index is 2.55. The van der Waals surface area contributed by atoms with Crippen LogP contribution in [0.15, 0.2) is 54.1 Å². The normalized spacial score (nSPS) is 33.3. The zero-order valence-corrected chi connectivity index (χ0v) is 22.3. The first kappa shape index (κ1) is 22.3. The minimum absolute atomic E-state index is 0. The van der Waals surface area contributed by atoms with Gasteiger partial charge in [0.05, 0.1) is 0 Å². The van der Waals surface area contributed by atoms with Crippen LogP contribution in [-0.2, 0) is 31.6 Å². The molecule has 168 valence electrons. The second-order valence-electron chi connectivity index (χ2n) is 11.9. The molecule has 6 aliphatic carbocycles. The molecule has 0 nitrogen and oxygen atoms in total. The van der Waals surface area contributed by atoms with Gasteiger partial charge in [-0.2, -0.15) is 0 Å². The fourth-order valence-electron chi connectivity index (χ4n) is 8.65. The van der Waals surface area contributed by atoms with Gasteiger partial charge in [0.15, 0.2) is 0 Å². The van der Waals surface area contributed by atoms with Gasteiger partial charge in [0.2, 0.25) is 0 Å². The van der Waals surface area contributed by atoms with Crippen LogP contribution in [0.1, 0.15) is 76.2 Å². The van der Waals surface area contributed by atoms with Crippen LogP contribution in [-0.4, -0.2) is 0 Å². The van der Waals surface area contributed by atoms with E-state index in [-0.39, 0.29) is 26.2 Å². The van der Waals surface area contributed by atoms with Gasteiger partial charge < -0.3 is 0 Å². The Bertz CT molecular complexity index is 1140. The van der Waals surface area contributed by atoms with Crippen molar-refractivity contribution in [2.45, 2.75) is 76.0 Å². The summed E-state index contributed by atoms with van der Waals surface area (Å²) in [6.45, 7) is 0. The Labute approximate surface area is 218 Å². The smallest absolute Gasteiger partial charge is 0 e. The van der Waals surface area contributed by atoms with Crippen LogP contribution >= 0.6 is 0 Å². The fourth-order valence-corrected chi connectivity index (χ4v) is 8.65. The molecule has 2 aromatic carbocycles. The van der Waals surface area contributed by atoms with Crippen molar-refractivity contribution < 1.29 is 26.2 Å². The third-order valence-electron chi connectivity index (χ3n) is 9.70. The molecule has 0 aromatic heterocycles. The minimum atomic E-state index is 0. The molecule has 0 N–H and O–H groups in total. The Balaban J connectivity index is 0.00000206. The average molecular weight is 512 g/mol. The van der Waals surface area contributed by atoms with Crippen molar-refractivity contribution in [2.75, 3.05) is 0 Å². The standard InChI is InChI=1S/C32H36.Zr/c1-2-5-22(6-3-1)13-23-17-28-7-4-8-30(31(28)18-23)27-9-11-29(12-10-27)32-19-24-14-25(20-32)16-26(15-24)21-32;/h4,7-13,17-18,22,24-26H,1-3,5-6,14-16,19-21H2;. The molecule has 0 atom stereocenters. The molecular weight excluding hydrogens is 476 g/mol. The summed E-state index contributed by atoms with van der Waals surface area (Å²) in [6.07, 6.45) is 23.3. The van der Waals surface area contributed by atoms with Crippen molar-refractivity contribution >= 4 is 12.2 Å². The summed E-state index contributed by atoms with van der Waals surface area (Å²) >= 11 is 0. The van der Waals surface area contributed by atoms with Crippen LogP contribution in [0.2, 0.25) is 0 Å². The first-order valence-electron chi connectivity index (χ1n) is 13.4. The third-order valence-corrected chi connectivity index (χ3v) is 9.70. The van der Waals surface area contributed by atoms with Gasteiger partial charge in [-0.3, -0.25) is 0 Å². The topological polar surface area (TPSA) is 0 Å². The number of fused-ring (bicyclic) bond motifs is 1. The predicted molar refractivity (Wildman–Crippen MR) is 135 cm³/mol. The van der Waals surface area contributed by atoms with E-state index >= 15 is 0 Å². The zero-order chi connectivity index (χ0) is 21.1. The van der Waals surface area contributed by atoms with Crippen molar-refractivity contribution in [3.63, 3.8) is 0 Å². The molecule has 0 unspecified atom stereocenters. The molecule has 0 heterocycles. The van der Waals surface area contributed by atoms with Gasteiger partial charge in [-0.25, -0.2) is 0 Å². The van der Waals surface area contributed by atoms with Crippen LogP contribution in [0.4, 0.5) is 0 Å². The molecule has 8 rings (SSSR count). The Hall–Kier alpha value is -1.20. The maximum atomic E-state index is 2.55. The molecule has 0 spiro atoms. The van der Waals surface area contributed by atoms with Crippen molar-refractivity contribution in [3.05, 3.63) is 70.1 Å². The summed E-state index contributed by atoms with van der Waals surface area (Å²) in [5.74, 6) is 3.82. The summed E-state index contributed by atoms with van der Waals surface area (Å²) < 4.78 is 0. The Morgan fingerprint density at radius 3 is 2.06 bits per heavy atom. The van der Waals surface area contributed by atoms with Gasteiger partial charge in [0.25, 0.3) is 0 Å². The van der Waals surface area contributed by atoms with Crippen molar-refractivity contribution in [1.29, 1.82) is 0 Å². The van der Waals surface area contributed by atoms with E-state index in [1.807, 2.05) is 0 Å². The van der Waals surface area contributed by atoms with Crippen LogP contribution in [0, 0.1) is 23.7 Å². The number of hydrogen-bond acceptors (Lipinski definition) is 0. The molecule has 4 bridgehead atoms. The Morgan fingerprint density at radius 1 is 0.727 bits per heavy atom.